The van der Waals surface area contributed by atoms with Crippen LogP contribution >= 0.6 is 23.2 Å². The fourth-order valence-corrected chi connectivity index (χ4v) is 2.25. The molecule has 1 saturated heterocycles. The molecule has 2 rings (SSSR count). The van der Waals surface area contributed by atoms with Crippen LogP contribution in [0.25, 0.3) is 0 Å². The summed E-state index contributed by atoms with van der Waals surface area (Å²) in [5.41, 5.74) is 6.78. The maximum absolute atomic E-state index is 11.8. The van der Waals surface area contributed by atoms with Crippen LogP contribution in [-0.2, 0) is 4.79 Å². The number of nitrogen functional groups attached to an aromatic ring is 1. The molecule has 1 heterocycles. The normalized spacial score (nSPS) is 20.1. The highest BCUT2D eigenvalue weighted by Crippen LogP contribution is 2.35. The predicted molar refractivity (Wildman–Crippen MR) is 68.4 cm³/mol. The van der Waals surface area contributed by atoms with Crippen LogP contribution in [0.15, 0.2) is 12.1 Å². The largest absolute Gasteiger partial charge is 0.397 e. The van der Waals surface area contributed by atoms with E-state index in [2.05, 4.69) is 0 Å². The van der Waals surface area contributed by atoms with E-state index in [0.29, 0.717) is 34.4 Å². The lowest BCUT2D eigenvalue weighted by Gasteiger charge is -2.19. The van der Waals surface area contributed by atoms with E-state index in [-0.39, 0.29) is 18.4 Å². The average Bonchev–Trinajstić information content (AvgIpc) is 2.65. The summed E-state index contributed by atoms with van der Waals surface area (Å²) in [5, 5.41) is 9.78. The zero-order valence-electron chi connectivity index (χ0n) is 8.99. The third kappa shape index (κ3) is 2.34. The van der Waals surface area contributed by atoms with E-state index in [4.69, 9.17) is 34.0 Å². The van der Waals surface area contributed by atoms with E-state index in [9.17, 15) is 4.79 Å². The van der Waals surface area contributed by atoms with E-state index in [1.54, 1.807) is 11.0 Å². The van der Waals surface area contributed by atoms with E-state index < -0.39 is 0 Å². The van der Waals surface area contributed by atoms with Crippen LogP contribution in [0.3, 0.4) is 0 Å². The number of aliphatic hydroxyl groups is 1. The first-order chi connectivity index (χ1) is 8.02. The SMILES string of the molecule is Nc1cc(Cl)c(Cl)cc1N1CC(CO)CC1=O. The molecule has 0 aliphatic carbocycles. The number of hydrogen-bond acceptors (Lipinski definition) is 3. The van der Waals surface area contributed by atoms with Crippen LogP contribution in [0, 0.1) is 5.92 Å². The topological polar surface area (TPSA) is 66.6 Å². The summed E-state index contributed by atoms with van der Waals surface area (Å²) < 4.78 is 0. The molecule has 0 radical (unpaired) electrons. The molecule has 1 aliphatic heterocycles. The molecule has 1 aromatic rings. The van der Waals surface area contributed by atoms with Gasteiger partial charge < -0.3 is 15.7 Å². The second-order valence-corrected chi connectivity index (χ2v) is 4.90. The van der Waals surface area contributed by atoms with Gasteiger partial charge in [0.15, 0.2) is 0 Å². The molecule has 4 nitrogen and oxygen atoms in total. The van der Waals surface area contributed by atoms with Gasteiger partial charge in [-0.15, -0.1) is 0 Å². The van der Waals surface area contributed by atoms with Crippen LogP contribution in [0.1, 0.15) is 6.42 Å². The van der Waals surface area contributed by atoms with Gasteiger partial charge in [0.05, 0.1) is 21.4 Å². The Morgan fingerprint density at radius 2 is 2.06 bits per heavy atom. The standard InChI is InChI=1S/C11H12Cl2N2O2/c12-7-2-9(14)10(3-8(7)13)15-4-6(5-16)1-11(15)17/h2-3,6,16H,1,4-5,14H2. The van der Waals surface area contributed by atoms with Crippen molar-refractivity contribution in [1.82, 2.24) is 0 Å². The summed E-state index contributed by atoms with van der Waals surface area (Å²) in [7, 11) is 0. The van der Waals surface area contributed by atoms with Gasteiger partial charge in [0.1, 0.15) is 0 Å². The van der Waals surface area contributed by atoms with E-state index in [1.165, 1.54) is 6.07 Å². The summed E-state index contributed by atoms with van der Waals surface area (Å²) >= 11 is 11.7. The molecular formula is C11H12Cl2N2O2. The smallest absolute Gasteiger partial charge is 0.227 e. The Labute approximate surface area is 109 Å². The van der Waals surface area contributed by atoms with Crippen molar-refractivity contribution in [1.29, 1.82) is 0 Å². The summed E-state index contributed by atoms with van der Waals surface area (Å²) in [6.07, 6.45) is 0.330. The van der Waals surface area contributed by atoms with Gasteiger partial charge in [0.25, 0.3) is 0 Å². The Kier molecular flexibility index (Phi) is 3.47. The molecule has 1 fully saturated rings. The average molecular weight is 275 g/mol. The van der Waals surface area contributed by atoms with Crippen LogP contribution in [0.5, 0.6) is 0 Å². The first-order valence-electron chi connectivity index (χ1n) is 5.18. The van der Waals surface area contributed by atoms with Gasteiger partial charge in [-0.3, -0.25) is 4.79 Å². The predicted octanol–water partition coefficient (Wildman–Crippen LogP) is 1.92. The van der Waals surface area contributed by atoms with E-state index in [1.807, 2.05) is 0 Å². The van der Waals surface area contributed by atoms with Crippen molar-refractivity contribution in [2.24, 2.45) is 5.92 Å². The molecule has 0 bridgehead atoms. The monoisotopic (exact) mass is 274 g/mol. The van der Waals surface area contributed by atoms with E-state index >= 15 is 0 Å². The number of amides is 1. The molecule has 1 amide bonds. The zero-order chi connectivity index (χ0) is 12.6. The minimum absolute atomic E-state index is 0.0104. The fraction of sp³-hybridized carbons (Fsp3) is 0.364. The highest BCUT2D eigenvalue weighted by Gasteiger charge is 2.31. The number of carbonyl (C=O) groups is 1. The Balaban J connectivity index is 2.35. The number of benzene rings is 1. The van der Waals surface area contributed by atoms with Crippen molar-refractivity contribution in [3.63, 3.8) is 0 Å². The second-order valence-electron chi connectivity index (χ2n) is 4.08. The number of carbonyl (C=O) groups excluding carboxylic acids is 1. The molecular weight excluding hydrogens is 263 g/mol. The van der Waals surface area contributed by atoms with Gasteiger partial charge in [-0.25, -0.2) is 0 Å². The minimum atomic E-state index is -0.0610. The van der Waals surface area contributed by atoms with Gasteiger partial charge in [0.2, 0.25) is 5.91 Å². The molecule has 6 heteroatoms. The number of halogens is 2. The molecule has 1 aliphatic rings. The molecule has 1 aromatic carbocycles. The Bertz CT molecular complexity index is 465. The Morgan fingerprint density at radius 3 is 2.65 bits per heavy atom. The number of aliphatic hydroxyl groups excluding tert-OH is 1. The summed E-state index contributed by atoms with van der Waals surface area (Å²) in [6.45, 7) is 0.445. The summed E-state index contributed by atoms with van der Waals surface area (Å²) in [4.78, 5) is 13.3. The Hall–Kier alpha value is -0.970. The third-order valence-corrected chi connectivity index (χ3v) is 3.55. The van der Waals surface area contributed by atoms with Gasteiger partial charge in [-0.05, 0) is 12.1 Å². The lowest BCUT2D eigenvalue weighted by atomic mass is 10.1. The van der Waals surface area contributed by atoms with Crippen LogP contribution in [-0.4, -0.2) is 24.2 Å². The third-order valence-electron chi connectivity index (χ3n) is 2.82. The van der Waals surface area contributed by atoms with Gasteiger partial charge in [-0.2, -0.15) is 0 Å². The van der Waals surface area contributed by atoms with Crippen LogP contribution in [0.2, 0.25) is 10.0 Å². The van der Waals surface area contributed by atoms with Crippen molar-refractivity contribution in [3.8, 4) is 0 Å². The number of nitrogens with zero attached hydrogens (tertiary/aromatic N) is 1. The molecule has 92 valence electrons. The summed E-state index contributed by atoms with van der Waals surface area (Å²) in [6, 6.07) is 3.11. The summed E-state index contributed by atoms with van der Waals surface area (Å²) in [5.74, 6) is -0.106. The van der Waals surface area contributed by atoms with Crippen molar-refractivity contribution < 1.29 is 9.90 Å². The molecule has 17 heavy (non-hydrogen) atoms. The van der Waals surface area contributed by atoms with Crippen molar-refractivity contribution in [2.45, 2.75) is 6.42 Å². The number of hydrogen-bond donors (Lipinski definition) is 2. The second kappa shape index (κ2) is 4.72. The molecule has 1 unspecified atom stereocenters. The van der Waals surface area contributed by atoms with Gasteiger partial charge in [0, 0.05) is 25.5 Å². The highest BCUT2D eigenvalue weighted by molar-refractivity contribution is 6.42. The van der Waals surface area contributed by atoms with Crippen molar-refractivity contribution in [3.05, 3.63) is 22.2 Å². The van der Waals surface area contributed by atoms with Crippen LogP contribution < -0.4 is 10.6 Å². The Morgan fingerprint density at radius 1 is 1.41 bits per heavy atom. The zero-order valence-corrected chi connectivity index (χ0v) is 10.5. The van der Waals surface area contributed by atoms with Crippen LogP contribution in [0.4, 0.5) is 11.4 Å². The number of anilines is 2. The molecule has 1 atom stereocenters. The number of rotatable bonds is 2. The molecule has 3 N–H and O–H groups in total. The fourth-order valence-electron chi connectivity index (χ4n) is 1.92. The highest BCUT2D eigenvalue weighted by atomic mass is 35.5. The van der Waals surface area contributed by atoms with Crippen molar-refractivity contribution >= 4 is 40.5 Å². The molecule has 0 saturated carbocycles. The van der Waals surface area contributed by atoms with Gasteiger partial charge >= 0.3 is 0 Å². The van der Waals surface area contributed by atoms with Crippen molar-refractivity contribution in [2.75, 3.05) is 23.8 Å². The minimum Gasteiger partial charge on any atom is -0.397 e. The maximum atomic E-state index is 11.8. The first kappa shape index (κ1) is 12.5. The maximum Gasteiger partial charge on any atom is 0.227 e. The first-order valence-corrected chi connectivity index (χ1v) is 5.94. The van der Waals surface area contributed by atoms with E-state index in [0.717, 1.165) is 0 Å². The quantitative estimate of drug-likeness (QED) is 0.810. The lowest BCUT2D eigenvalue weighted by Crippen LogP contribution is -2.25. The molecule has 0 aromatic heterocycles. The lowest BCUT2D eigenvalue weighted by molar-refractivity contribution is -0.117. The number of nitrogens with two attached hydrogens (primary N) is 1. The molecule has 0 spiro atoms. The van der Waals surface area contributed by atoms with Gasteiger partial charge in [-0.1, -0.05) is 23.2 Å².